The van der Waals surface area contributed by atoms with Crippen LogP contribution in [-0.2, 0) is 17.4 Å². The minimum atomic E-state index is -4.35. The van der Waals surface area contributed by atoms with Crippen molar-refractivity contribution in [3.63, 3.8) is 0 Å². The van der Waals surface area contributed by atoms with Gasteiger partial charge in [-0.3, -0.25) is 4.79 Å². The lowest BCUT2D eigenvalue weighted by atomic mass is 10.1. The summed E-state index contributed by atoms with van der Waals surface area (Å²) in [6.07, 6.45) is -2.83. The molecule has 2 rings (SSSR count). The zero-order chi connectivity index (χ0) is 17.0. The number of thiazole rings is 1. The zero-order valence-corrected chi connectivity index (χ0v) is 13.6. The molecule has 0 radical (unpaired) electrons. The molecule has 1 N–H and O–H groups in total. The molecular formula is C16H17F3N2OS. The number of amides is 1. The second-order valence-electron chi connectivity index (χ2n) is 5.20. The second kappa shape index (κ2) is 7.12. The number of alkyl halides is 3. The molecular weight excluding hydrogens is 325 g/mol. The number of carbonyl (C=O) groups is 1. The Labute approximate surface area is 136 Å². The highest BCUT2D eigenvalue weighted by molar-refractivity contribution is 7.15. The monoisotopic (exact) mass is 342 g/mol. The van der Waals surface area contributed by atoms with Crippen LogP contribution < -0.4 is 5.32 Å². The van der Waals surface area contributed by atoms with Gasteiger partial charge >= 0.3 is 6.18 Å². The fourth-order valence-corrected chi connectivity index (χ4v) is 3.11. The summed E-state index contributed by atoms with van der Waals surface area (Å²) in [5.41, 5.74) is 0.630. The Hall–Kier alpha value is -1.89. The van der Waals surface area contributed by atoms with Gasteiger partial charge in [0.1, 0.15) is 0 Å². The number of aryl methyl sites for hydroxylation is 1. The van der Waals surface area contributed by atoms with Crippen LogP contribution in [0.2, 0.25) is 0 Å². The number of hydrogen-bond donors (Lipinski definition) is 1. The second-order valence-corrected chi connectivity index (χ2v) is 6.28. The molecule has 0 unspecified atom stereocenters. The first-order chi connectivity index (χ1) is 10.8. The SMILES string of the molecule is CCCC(=O)Nc1nc(C)c(Cc2cccc(C(F)(F)F)c2)s1. The molecule has 0 atom stereocenters. The van der Waals surface area contributed by atoms with Crippen LogP contribution in [0.5, 0.6) is 0 Å². The van der Waals surface area contributed by atoms with Gasteiger partial charge in [-0.15, -0.1) is 11.3 Å². The van der Waals surface area contributed by atoms with E-state index >= 15 is 0 Å². The lowest BCUT2D eigenvalue weighted by molar-refractivity contribution is -0.137. The molecule has 0 aliphatic heterocycles. The number of nitrogens with zero attached hydrogens (tertiary/aromatic N) is 1. The van der Waals surface area contributed by atoms with Crippen LogP contribution in [0.1, 0.15) is 41.5 Å². The molecule has 3 nitrogen and oxygen atoms in total. The molecule has 1 aromatic heterocycles. The van der Waals surface area contributed by atoms with Gasteiger partial charge in [0.25, 0.3) is 0 Å². The van der Waals surface area contributed by atoms with E-state index in [0.29, 0.717) is 23.5 Å². The van der Waals surface area contributed by atoms with Crippen LogP contribution in [0, 0.1) is 6.92 Å². The summed E-state index contributed by atoms with van der Waals surface area (Å²) in [6, 6.07) is 5.26. The number of nitrogens with one attached hydrogen (secondary N) is 1. The number of carbonyl (C=O) groups excluding carboxylic acids is 1. The Morgan fingerprint density at radius 1 is 1.35 bits per heavy atom. The molecule has 2 aromatic rings. The Balaban J connectivity index is 2.15. The molecule has 1 amide bonds. The summed E-state index contributed by atoms with van der Waals surface area (Å²) >= 11 is 1.30. The molecule has 1 aromatic carbocycles. The average Bonchev–Trinajstić information content (AvgIpc) is 2.78. The van der Waals surface area contributed by atoms with Crippen LogP contribution >= 0.6 is 11.3 Å². The maximum absolute atomic E-state index is 12.7. The van der Waals surface area contributed by atoms with Crippen molar-refractivity contribution in [3.8, 4) is 0 Å². The van der Waals surface area contributed by atoms with Crippen LogP contribution in [0.3, 0.4) is 0 Å². The Morgan fingerprint density at radius 3 is 2.74 bits per heavy atom. The normalized spacial score (nSPS) is 11.5. The van der Waals surface area contributed by atoms with Crippen LogP contribution in [0.4, 0.5) is 18.3 Å². The van der Waals surface area contributed by atoms with Crippen molar-refractivity contribution in [1.82, 2.24) is 4.98 Å². The minimum absolute atomic E-state index is 0.105. The lowest BCUT2D eigenvalue weighted by Crippen LogP contribution is -2.10. The van der Waals surface area contributed by atoms with Crippen molar-refractivity contribution in [2.75, 3.05) is 5.32 Å². The molecule has 0 bridgehead atoms. The van der Waals surface area contributed by atoms with E-state index in [9.17, 15) is 18.0 Å². The topological polar surface area (TPSA) is 42.0 Å². The van der Waals surface area contributed by atoms with Crippen LogP contribution in [-0.4, -0.2) is 10.9 Å². The van der Waals surface area contributed by atoms with Crippen molar-refractivity contribution >= 4 is 22.4 Å². The van der Waals surface area contributed by atoms with Crippen molar-refractivity contribution in [3.05, 3.63) is 46.0 Å². The van der Waals surface area contributed by atoms with E-state index in [1.807, 2.05) is 6.92 Å². The standard InChI is InChI=1S/C16H17F3N2OS/c1-3-5-14(22)21-15-20-10(2)13(23-15)9-11-6-4-7-12(8-11)16(17,18)19/h4,6-8H,3,5,9H2,1-2H3,(H,20,21,22). The van der Waals surface area contributed by atoms with Crippen molar-refractivity contribution in [2.24, 2.45) is 0 Å². The third kappa shape index (κ3) is 4.79. The molecule has 124 valence electrons. The maximum atomic E-state index is 12.7. The van der Waals surface area contributed by atoms with E-state index in [2.05, 4.69) is 10.3 Å². The van der Waals surface area contributed by atoms with Gasteiger partial charge in [0.15, 0.2) is 5.13 Å². The smallest absolute Gasteiger partial charge is 0.302 e. The highest BCUT2D eigenvalue weighted by Crippen LogP contribution is 2.31. The molecule has 0 saturated carbocycles. The molecule has 23 heavy (non-hydrogen) atoms. The summed E-state index contributed by atoms with van der Waals surface area (Å²) in [5, 5.41) is 3.20. The van der Waals surface area contributed by atoms with E-state index in [4.69, 9.17) is 0 Å². The summed E-state index contributed by atoms with van der Waals surface area (Å²) in [7, 11) is 0. The third-order valence-corrected chi connectivity index (χ3v) is 4.31. The fourth-order valence-electron chi connectivity index (χ4n) is 2.10. The predicted octanol–water partition coefficient (Wildman–Crippen LogP) is 4.80. The van der Waals surface area contributed by atoms with Gasteiger partial charge in [-0.2, -0.15) is 13.2 Å². The first-order valence-corrected chi connectivity index (χ1v) is 8.03. The van der Waals surface area contributed by atoms with Crippen LogP contribution in [0.25, 0.3) is 0 Å². The summed E-state index contributed by atoms with van der Waals surface area (Å²) in [5.74, 6) is -0.105. The highest BCUT2D eigenvalue weighted by Gasteiger charge is 2.30. The van der Waals surface area contributed by atoms with Crippen molar-refractivity contribution in [1.29, 1.82) is 0 Å². The lowest BCUT2D eigenvalue weighted by Gasteiger charge is -2.08. The first-order valence-electron chi connectivity index (χ1n) is 7.22. The van der Waals surface area contributed by atoms with E-state index < -0.39 is 11.7 Å². The zero-order valence-electron chi connectivity index (χ0n) is 12.8. The number of hydrogen-bond acceptors (Lipinski definition) is 3. The molecule has 0 saturated heterocycles. The highest BCUT2D eigenvalue weighted by atomic mass is 32.1. The maximum Gasteiger partial charge on any atom is 0.416 e. The number of halogens is 3. The number of aromatic nitrogens is 1. The van der Waals surface area contributed by atoms with Crippen molar-refractivity contribution in [2.45, 2.75) is 39.3 Å². The van der Waals surface area contributed by atoms with Crippen molar-refractivity contribution < 1.29 is 18.0 Å². The van der Waals surface area contributed by atoms with Gasteiger partial charge in [-0.05, 0) is 25.0 Å². The Morgan fingerprint density at radius 2 is 2.09 bits per heavy atom. The third-order valence-electron chi connectivity index (χ3n) is 3.24. The van der Waals surface area contributed by atoms with Gasteiger partial charge in [0.05, 0.1) is 11.3 Å². The summed E-state index contributed by atoms with van der Waals surface area (Å²) in [4.78, 5) is 16.7. The van der Waals surface area contributed by atoms with Gasteiger partial charge in [-0.25, -0.2) is 4.98 Å². The predicted molar refractivity (Wildman–Crippen MR) is 84.6 cm³/mol. The number of rotatable bonds is 5. The molecule has 0 fully saturated rings. The van der Waals surface area contributed by atoms with E-state index in [0.717, 1.165) is 29.1 Å². The van der Waals surface area contributed by atoms with Gasteiger partial charge < -0.3 is 5.32 Å². The fraction of sp³-hybridized carbons (Fsp3) is 0.375. The average molecular weight is 342 g/mol. The van der Waals surface area contributed by atoms with Gasteiger partial charge in [-0.1, -0.05) is 25.1 Å². The molecule has 7 heteroatoms. The Bertz CT molecular complexity index is 695. The molecule has 0 aliphatic carbocycles. The Kier molecular flexibility index (Phi) is 5.41. The van der Waals surface area contributed by atoms with Crippen LogP contribution in [0.15, 0.2) is 24.3 Å². The molecule has 1 heterocycles. The summed E-state index contributed by atoms with van der Waals surface area (Å²) < 4.78 is 38.2. The summed E-state index contributed by atoms with van der Waals surface area (Å²) in [6.45, 7) is 3.70. The van der Waals surface area contributed by atoms with E-state index in [-0.39, 0.29) is 5.91 Å². The largest absolute Gasteiger partial charge is 0.416 e. The molecule has 0 aliphatic rings. The van der Waals surface area contributed by atoms with E-state index in [1.165, 1.54) is 17.4 Å². The first kappa shape index (κ1) is 17.5. The van der Waals surface area contributed by atoms with E-state index in [1.54, 1.807) is 13.0 Å². The van der Waals surface area contributed by atoms with Gasteiger partial charge in [0, 0.05) is 17.7 Å². The number of anilines is 1. The molecule has 0 spiro atoms. The minimum Gasteiger partial charge on any atom is -0.302 e. The quantitative estimate of drug-likeness (QED) is 0.848. The number of benzene rings is 1. The van der Waals surface area contributed by atoms with Gasteiger partial charge in [0.2, 0.25) is 5.91 Å².